The van der Waals surface area contributed by atoms with Crippen LogP contribution >= 0.6 is 0 Å². The Hall–Kier alpha value is -5.43. The summed E-state index contributed by atoms with van der Waals surface area (Å²) >= 11 is 0. The molecule has 0 bridgehead atoms. The zero-order valence-corrected chi connectivity index (χ0v) is 24.5. The number of rotatable bonds is 12. The average Bonchev–Trinajstić information content (AvgIpc) is 3.05. The minimum Gasteiger partial charge on any atom is -0.352 e. The Kier molecular flexibility index (Phi) is 10.6. The number of aromatic nitrogens is 3. The zero-order chi connectivity index (χ0) is 30.6. The highest BCUT2D eigenvalue weighted by Crippen LogP contribution is 2.30. The number of carbonyl (C=O) groups is 2. The Morgan fingerprint density at radius 1 is 0.767 bits per heavy atom. The van der Waals surface area contributed by atoms with Gasteiger partial charge in [0.25, 0.3) is 5.91 Å². The van der Waals surface area contributed by atoms with E-state index in [1.54, 1.807) is 44.0 Å². The molecule has 1 aromatic carbocycles. The van der Waals surface area contributed by atoms with Crippen molar-refractivity contribution in [3.63, 3.8) is 0 Å². The van der Waals surface area contributed by atoms with Crippen molar-refractivity contribution in [1.82, 2.24) is 25.6 Å². The maximum Gasteiger partial charge on any atom is 0.251 e. The Labute approximate surface area is 252 Å². The van der Waals surface area contributed by atoms with Crippen LogP contribution in [0.2, 0.25) is 0 Å². The highest BCUT2D eigenvalue weighted by molar-refractivity contribution is 5.98. The monoisotopic (exact) mass is 569 g/mol. The zero-order valence-electron chi connectivity index (χ0n) is 24.5. The van der Waals surface area contributed by atoms with E-state index in [0.717, 1.165) is 44.5 Å². The molecule has 0 saturated heterocycles. The molecule has 4 rings (SSSR count). The fourth-order valence-electron chi connectivity index (χ4n) is 4.42. The molecule has 0 aliphatic carbocycles. The van der Waals surface area contributed by atoms with Crippen LogP contribution in [0.15, 0.2) is 123 Å². The van der Waals surface area contributed by atoms with Crippen molar-refractivity contribution < 1.29 is 9.59 Å². The quantitative estimate of drug-likeness (QED) is 0.113. The van der Waals surface area contributed by atoms with Gasteiger partial charge in [-0.1, -0.05) is 37.4 Å². The van der Waals surface area contributed by atoms with Crippen LogP contribution in [0.3, 0.4) is 0 Å². The first-order chi connectivity index (χ1) is 20.9. The van der Waals surface area contributed by atoms with Gasteiger partial charge in [0.15, 0.2) is 0 Å². The maximum atomic E-state index is 13.4. The van der Waals surface area contributed by atoms with Crippen LogP contribution in [0.25, 0.3) is 33.4 Å². The third-order valence-electron chi connectivity index (χ3n) is 6.74. The lowest BCUT2D eigenvalue weighted by atomic mass is 9.93. The normalized spacial score (nSPS) is 11.5. The van der Waals surface area contributed by atoms with Crippen LogP contribution in [0.1, 0.15) is 41.8 Å². The van der Waals surface area contributed by atoms with E-state index >= 15 is 0 Å². The SMILES string of the molecule is C=C/C(=C\C(=C/C)c1cccnc1)c1cc(C(=O)NCCCNC(=O)C(=C)C)cc(-c2cncc(-c3cccnc3)c2)c1. The predicted octanol–water partition coefficient (Wildman–Crippen LogP) is 6.69. The second kappa shape index (κ2) is 15.0. The van der Waals surface area contributed by atoms with Gasteiger partial charge < -0.3 is 10.6 Å². The van der Waals surface area contributed by atoms with Crippen LogP contribution in [0, 0.1) is 0 Å². The molecule has 4 aromatic rings. The first-order valence-electron chi connectivity index (χ1n) is 14.0. The summed E-state index contributed by atoms with van der Waals surface area (Å²) in [4.78, 5) is 38.1. The van der Waals surface area contributed by atoms with E-state index in [4.69, 9.17) is 0 Å². The van der Waals surface area contributed by atoms with Crippen molar-refractivity contribution in [2.75, 3.05) is 13.1 Å². The summed E-state index contributed by atoms with van der Waals surface area (Å²) < 4.78 is 0. The molecule has 0 aliphatic heterocycles. The smallest absolute Gasteiger partial charge is 0.251 e. The Morgan fingerprint density at radius 2 is 1.44 bits per heavy atom. The second-order valence-electron chi connectivity index (χ2n) is 9.94. The fourth-order valence-corrected chi connectivity index (χ4v) is 4.42. The third-order valence-corrected chi connectivity index (χ3v) is 6.74. The molecule has 2 amide bonds. The summed E-state index contributed by atoms with van der Waals surface area (Å²) in [6, 6.07) is 15.6. The molecule has 3 aromatic heterocycles. The Morgan fingerprint density at radius 3 is 2.09 bits per heavy atom. The standard InChI is InChI=1S/C36H35N5O2/c1-5-26(28-10-7-12-37-21-28)16-27(6-2)30-17-31(34-20-33(23-39-24-34)29-11-8-13-38-22-29)19-32(18-30)36(43)41-15-9-14-40-35(42)25(3)4/h5-8,10-13,16-24H,2-3,9,14-15H2,1,4H3,(H,40,42)(H,41,43)/b26-5+,27-16+. The van der Waals surface area contributed by atoms with E-state index in [1.807, 2.05) is 73.8 Å². The summed E-state index contributed by atoms with van der Waals surface area (Å²) in [7, 11) is 0. The second-order valence-corrected chi connectivity index (χ2v) is 9.94. The molecule has 0 fully saturated rings. The number of benzene rings is 1. The van der Waals surface area contributed by atoms with Crippen molar-refractivity contribution in [2.45, 2.75) is 20.3 Å². The van der Waals surface area contributed by atoms with Crippen molar-refractivity contribution in [3.8, 4) is 22.3 Å². The van der Waals surface area contributed by atoms with Gasteiger partial charge >= 0.3 is 0 Å². The summed E-state index contributed by atoms with van der Waals surface area (Å²) in [5.74, 6) is -0.408. The summed E-state index contributed by atoms with van der Waals surface area (Å²) in [5, 5.41) is 5.76. The summed E-state index contributed by atoms with van der Waals surface area (Å²) in [6.45, 7) is 12.2. The van der Waals surface area contributed by atoms with Crippen molar-refractivity contribution in [3.05, 3.63) is 139 Å². The first kappa shape index (κ1) is 30.5. The molecule has 7 nitrogen and oxygen atoms in total. The van der Waals surface area contributed by atoms with Crippen LogP contribution in [-0.2, 0) is 4.79 Å². The topological polar surface area (TPSA) is 96.9 Å². The van der Waals surface area contributed by atoms with E-state index in [2.05, 4.69) is 38.7 Å². The summed E-state index contributed by atoms with van der Waals surface area (Å²) in [6.07, 6.45) is 17.1. The van der Waals surface area contributed by atoms with E-state index in [1.165, 1.54) is 0 Å². The van der Waals surface area contributed by atoms with Gasteiger partial charge in [-0.2, -0.15) is 0 Å². The molecule has 0 unspecified atom stereocenters. The molecule has 216 valence electrons. The van der Waals surface area contributed by atoms with Gasteiger partial charge in [-0.25, -0.2) is 0 Å². The molecule has 43 heavy (non-hydrogen) atoms. The van der Waals surface area contributed by atoms with Gasteiger partial charge in [0.1, 0.15) is 0 Å². The van der Waals surface area contributed by atoms with Crippen molar-refractivity contribution in [1.29, 1.82) is 0 Å². The average molecular weight is 570 g/mol. The van der Waals surface area contributed by atoms with Gasteiger partial charge in [0, 0.05) is 78.1 Å². The molecule has 0 spiro atoms. The highest BCUT2D eigenvalue weighted by Gasteiger charge is 2.13. The largest absolute Gasteiger partial charge is 0.352 e. The third kappa shape index (κ3) is 8.30. The Bertz CT molecular complexity index is 1670. The van der Waals surface area contributed by atoms with Gasteiger partial charge in [-0.15, -0.1) is 0 Å². The molecular formula is C36H35N5O2. The molecule has 7 heteroatoms. The van der Waals surface area contributed by atoms with Crippen LogP contribution in [-0.4, -0.2) is 39.9 Å². The predicted molar refractivity (Wildman–Crippen MR) is 174 cm³/mol. The van der Waals surface area contributed by atoms with Crippen LogP contribution < -0.4 is 10.6 Å². The molecule has 0 atom stereocenters. The lowest BCUT2D eigenvalue weighted by molar-refractivity contribution is -0.117. The number of nitrogens with one attached hydrogen (secondary N) is 2. The molecule has 0 radical (unpaired) electrons. The van der Waals surface area contributed by atoms with Crippen LogP contribution in [0.4, 0.5) is 0 Å². The number of carbonyl (C=O) groups excluding carboxylic acids is 2. The van der Waals surface area contributed by atoms with E-state index < -0.39 is 0 Å². The molecule has 0 aliphatic rings. The van der Waals surface area contributed by atoms with E-state index in [-0.39, 0.29) is 11.8 Å². The van der Waals surface area contributed by atoms with E-state index in [9.17, 15) is 9.59 Å². The maximum absolute atomic E-state index is 13.4. The number of nitrogens with zero attached hydrogens (tertiary/aromatic N) is 3. The first-order valence-corrected chi connectivity index (χ1v) is 14.0. The lowest BCUT2D eigenvalue weighted by Crippen LogP contribution is -2.30. The van der Waals surface area contributed by atoms with Crippen molar-refractivity contribution >= 4 is 23.0 Å². The van der Waals surface area contributed by atoms with Gasteiger partial charge in [-0.05, 0) is 90.6 Å². The molecule has 2 N–H and O–H groups in total. The molecule has 3 heterocycles. The number of hydrogen-bond acceptors (Lipinski definition) is 5. The van der Waals surface area contributed by atoms with Crippen molar-refractivity contribution in [2.24, 2.45) is 0 Å². The summed E-state index contributed by atoms with van der Waals surface area (Å²) in [5.41, 5.74) is 8.17. The number of allylic oxidation sites excluding steroid dienone is 5. The lowest BCUT2D eigenvalue weighted by Gasteiger charge is -2.13. The fraction of sp³-hybridized carbons (Fsp3) is 0.139. The minimum absolute atomic E-state index is 0.193. The number of pyridine rings is 3. The molecular weight excluding hydrogens is 534 g/mol. The van der Waals surface area contributed by atoms with Crippen LogP contribution in [0.5, 0.6) is 0 Å². The minimum atomic E-state index is -0.215. The number of hydrogen-bond donors (Lipinski definition) is 2. The number of amides is 2. The van der Waals surface area contributed by atoms with Gasteiger partial charge in [0.05, 0.1) is 0 Å². The highest BCUT2D eigenvalue weighted by atomic mass is 16.2. The van der Waals surface area contributed by atoms with Gasteiger partial charge in [0.2, 0.25) is 5.91 Å². The Balaban J connectivity index is 1.69. The van der Waals surface area contributed by atoms with E-state index in [0.29, 0.717) is 30.6 Å². The van der Waals surface area contributed by atoms with Gasteiger partial charge in [-0.3, -0.25) is 24.5 Å². The molecule has 0 saturated carbocycles.